The Morgan fingerprint density at radius 3 is 2.60 bits per heavy atom. The molecule has 118 valence electrons. The van der Waals surface area contributed by atoms with Crippen LogP contribution in [0.15, 0.2) is 0 Å². The van der Waals surface area contributed by atoms with Crippen LogP contribution in [0, 0.1) is 5.92 Å². The van der Waals surface area contributed by atoms with Gasteiger partial charge in [-0.05, 0) is 51.1 Å². The molecule has 0 aromatic carbocycles. The van der Waals surface area contributed by atoms with E-state index in [4.69, 9.17) is 10.5 Å². The maximum atomic E-state index is 6.51. The van der Waals surface area contributed by atoms with Gasteiger partial charge < -0.3 is 15.4 Å². The molecule has 2 fully saturated rings. The molecular weight excluding hydrogens is 248 g/mol. The Morgan fingerprint density at radius 1 is 1.20 bits per heavy atom. The second-order valence-electron chi connectivity index (χ2n) is 7.32. The first-order chi connectivity index (χ1) is 9.63. The monoisotopic (exact) mass is 282 g/mol. The molecule has 1 aliphatic heterocycles. The van der Waals surface area contributed by atoms with E-state index in [1.807, 2.05) is 0 Å². The lowest BCUT2D eigenvalue weighted by atomic mass is 9.83. The molecule has 3 heteroatoms. The van der Waals surface area contributed by atoms with Crippen LogP contribution in [0.25, 0.3) is 0 Å². The number of ether oxygens (including phenoxy) is 1. The molecule has 20 heavy (non-hydrogen) atoms. The molecule has 0 aromatic rings. The molecule has 0 amide bonds. The third-order valence-corrected chi connectivity index (χ3v) is 4.87. The second kappa shape index (κ2) is 7.77. The zero-order valence-electron chi connectivity index (χ0n) is 13.6. The maximum Gasteiger partial charge on any atom is 0.0710 e. The van der Waals surface area contributed by atoms with Crippen molar-refractivity contribution in [2.75, 3.05) is 26.2 Å². The molecule has 0 bridgehead atoms. The van der Waals surface area contributed by atoms with Crippen molar-refractivity contribution >= 4 is 0 Å². The van der Waals surface area contributed by atoms with Crippen molar-refractivity contribution in [3.63, 3.8) is 0 Å². The van der Waals surface area contributed by atoms with Crippen molar-refractivity contribution in [1.29, 1.82) is 0 Å². The van der Waals surface area contributed by atoms with E-state index in [1.54, 1.807) is 0 Å². The summed E-state index contributed by atoms with van der Waals surface area (Å²) in [5, 5.41) is 0. The quantitative estimate of drug-likeness (QED) is 0.779. The van der Waals surface area contributed by atoms with Crippen molar-refractivity contribution in [1.82, 2.24) is 4.90 Å². The Bertz CT molecular complexity index is 274. The Balaban J connectivity index is 1.81. The summed E-state index contributed by atoms with van der Waals surface area (Å²) in [5.41, 5.74) is 5.93. The minimum absolute atomic E-state index is 0.264. The van der Waals surface area contributed by atoms with Gasteiger partial charge in [-0.2, -0.15) is 0 Å². The minimum atomic E-state index is 0.264. The van der Waals surface area contributed by atoms with Gasteiger partial charge in [0.2, 0.25) is 0 Å². The van der Waals surface area contributed by atoms with Crippen molar-refractivity contribution in [3.8, 4) is 0 Å². The molecule has 2 N–H and O–H groups in total. The van der Waals surface area contributed by atoms with Gasteiger partial charge in [0.15, 0.2) is 0 Å². The fourth-order valence-corrected chi connectivity index (χ4v) is 3.96. The molecule has 2 rings (SSSR count). The van der Waals surface area contributed by atoms with Gasteiger partial charge in [0.05, 0.1) is 11.7 Å². The number of nitrogens with two attached hydrogens (primary N) is 1. The summed E-state index contributed by atoms with van der Waals surface area (Å²) in [6.07, 6.45) is 10.9. The Kier molecular flexibility index (Phi) is 6.31. The molecule has 1 saturated heterocycles. The van der Waals surface area contributed by atoms with Crippen molar-refractivity contribution in [2.24, 2.45) is 11.7 Å². The molecule has 1 heterocycles. The van der Waals surface area contributed by atoms with E-state index in [0.29, 0.717) is 6.10 Å². The zero-order valence-corrected chi connectivity index (χ0v) is 13.6. The van der Waals surface area contributed by atoms with Gasteiger partial charge >= 0.3 is 0 Å². The molecule has 0 aromatic heterocycles. The standard InChI is InChI=1S/C17H34N2O/c1-15(2)13-19(12-6-11-18)14-16-7-10-17(20-16)8-4-3-5-9-17/h15-16H,3-14,18H2,1-2H3. The Morgan fingerprint density at radius 2 is 1.95 bits per heavy atom. The summed E-state index contributed by atoms with van der Waals surface area (Å²) in [4.78, 5) is 2.57. The number of hydrogen-bond acceptors (Lipinski definition) is 3. The van der Waals surface area contributed by atoms with Crippen LogP contribution in [-0.2, 0) is 4.74 Å². The van der Waals surface area contributed by atoms with Gasteiger partial charge in [-0.1, -0.05) is 33.1 Å². The summed E-state index contributed by atoms with van der Waals surface area (Å²) in [5.74, 6) is 0.720. The van der Waals surface area contributed by atoms with Gasteiger partial charge in [0.1, 0.15) is 0 Å². The molecule has 1 unspecified atom stereocenters. The van der Waals surface area contributed by atoms with E-state index in [0.717, 1.165) is 32.0 Å². The van der Waals surface area contributed by atoms with E-state index in [-0.39, 0.29) is 5.60 Å². The van der Waals surface area contributed by atoms with Crippen LogP contribution in [0.5, 0.6) is 0 Å². The third-order valence-electron chi connectivity index (χ3n) is 4.87. The normalized spacial score (nSPS) is 25.9. The van der Waals surface area contributed by atoms with Gasteiger partial charge in [0.25, 0.3) is 0 Å². The number of rotatable bonds is 7. The highest BCUT2D eigenvalue weighted by Crippen LogP contribution is 2.42. The van der Waals surface area contributed by atoms with E-state index in [1.165, 1.54) is 51.5 Å². The Labute approximate surface area is 125 Å². The molecular formula is C17H34N2O. The lowest BCUT2D eigenvalue weighted by Gasteiger charge is -2.34. The van der Waals surface area contributed by atoms with Gasteiger partial charge in [0, 0.05) is 13.1 Å². The van der Waals surface area contributed by atoms with Crippen LogP contribution in [0.1, 0.15) is 65.2 Å². The third kappa shape index (κ3) is 4.71. The van der Waals surface area contributed by atoms with Crippen LogP contribution in [0.4, 0.5) is 0 Å². The highest BCUT2D eigenvalue weighted by Gasteiger charge is 2.41. The molecule has 2 aliphatic rings. The first-order valence-corrected chi connectivity index (χ1v) is 8.74. The first-order valence-electron chi connectivity index (χ1n) is 8.74. The minimum Gasteiger partial charge on any atom is -0.370 e. The molecule has 0 radical (unpaired) electrons. The first kappa shape index (κ1) is 16.3. The second-order valence-corrected chi connectivity index (χ2v) is 7.32. The molecule has 1 atom stereocenters. The largest absolute Gasteiger partial charge is 0.370 e. The van der Waals surface area contributed by atoms with Gasteiger partial charge in [-0.3, -0.25) is 0 Å². The van der Waals surface area contributed by atoms with Crippen molar-refractivity contribution in [3.05, 3.63) is 0 Å². The van der Waals surface area contributed by atoms with Crippen molar-refractivity contribution in [2.45, 2.75) is 76.9 Å². The summed E-state index contributed by atoms with van der Waals surface area (Å²) in [7, 11) is 0. The van der Waals surface area contributed by atoms with E-state index in [9.17, 15) is 0 Å². The topological polar surface area (TPSA) is 38.5 Å². The van der Waals surface area contributed by atoms with E-state index < -0.39 is 0 Å². The average Bonchev–Trinajstić information content (AvgIpc) is 2.79. The van der Waals surface area contributed by atoms with Crippen LogP contribution >= 0.6 is 0 Å². The van der Waals surface area contributed by atoms with Gasteiger partial charge in [-0.25, -0.2) is 0 Å². The molecule has 1 spiro atoms. The highest BCUT2D eigenvalue weighted by atomic mass is 16.5. The Hall–Kier alpha value is -0.120. The zero-order chi connectivity index (χ0) is 14.4. The van der Waals surface area contributed by atoms with Crippen LogP contribution < -0.4 is 5.73 Å². The average molecular weight is 282 g/mol. The summed E-state index contributed by atoms with van der Waals surface area (Å²) in [6, 6.07) is 0. The van der Waals surface area contributed by atoms with Crippen LogP contribution in [0.2, 0.25) is 0 Å². The van der Waals surface area contributed by atoms with E-state index >= 15 is 0 Å². The predicted molar refractivity (Wildman–Crippen MR) is 84.9 cm³/mol. The lowest BCUT2D eigenvalue weighted by molar-refractivity contribution is -0.0724. The summed E-state index contributed by atoms with van der Waals surface area (Å²) < 4.78 is 6.51. The smallest absolute Gasteiger partial charge is 0.0710 e. The molecule has 1 saturated carbocycles. The fraction of sp³-hybridized carbons (Fsp3) is 1.00. The van der Waals surface area contributed by atoms with Gasteiger partial charge in [-0.15, -0.1) is 0 Å². The lowest BCUT2D eigenvalue weighted by Crippen LogP contribution is -2.38. The number of nitrogens with zero attached hydrogens (tertiary/aromatic N) is 1. The van der Waals surface area contributed by atoms with E-state index in [2.05, 4.69) is 18.7 Å². The maximum absolute atomic E-state index is 6.51. The SMILES string of the molecule is CC(C)CN(CCCN)CC1CCC2(CCCCC2)O1. The molecule has 1 aliphatic carbocycles. The summed E-state index contributed by atoms with van der Waals surface area (Å²) >= 11 is 0. The van der Waals surface area contributed by atoms with Crippen molar-refractivity contribution < 1.29 is 4.74 Å². The predicted octanol–water partition coefficient (Wildman–Crippen LogP) is 3.18. The highest BCUT2D eigenvalue weighted by molar-refractivity contribution is 4.92. The molecule has 3 nitrogen and oxygen atoms in total. The van der Waals surface area contributed by atoms with Crippen LogP contribution in [0.3, 0.4) is 0 Å². The summed E-state index contributed by atoms with van der Waals surface area (Å²) in [6.45, 7) is 8.81. The fourth-order valence-electron chi connectivity index (χ4n) is 3.96. The van der Waals surface area contributed by atoms with Crippen LogP contribution in [-0.4, -0.2) is 42.8 Å². The number of hydrogen-bond donors (Lipinski definition) is 1.